The van der Waals surface area contributed by atoms with E-state index in [1.807, 2.05) is 0 Å². The third-order valence-corrected chi connectivity index (χ3v) is 6.96. The zero-order valence-electron chi connectivity index (χ0n) is 20.0. The molecule has 1 fully saturated rings. The second kappa shape index (κ2) is 10.9. The van der Waals surface area contributed by atoms with E-state index in [0.29, 0.717) is 17.3 Å². The number of primary amides is 1. The molecule has 9 nitrogen and oxygen atoms in total. The predicted octanol–water partition coefficient (Wildman–Crippen LogP) is 5.34. The highest BCUT2D eigenvalue weighted by atomic mass is 35.5. The number of anilines is 1. The Hall–Kier alpha value is -3.78. The summed E-state index contributed by atoms with van der Waals surface area (Å²) in [6.45, 7) is 7.65. The Morgan fingerprint density at radius 3 is 2.58 bits per heavy atom. The minimum absolute atomic E-state index is 0.00715. The number of sulfone groups is 1. The van der Waals surface area contributed by atoms with Gasteiger partial charge in [0.2, 0.25) is 11.6 Å². The van der Waals surface area contributed by atoms with Gasteiger partial charge >= 0.3 is 0 Å². The molecule has 1 heterocycles. The first-order valence-electron chi connectivity index (χ1n) is 11.1. The van der Waals surface area contributed by atoms with Gasteiger partial charge in [-0.05, 0) is 42.0 Å². The Labute approximate surface area is 229 Å². The fourth-order valence-corrected chi connectivity index (χ4v) is 4.71. The molecule has 3 aromatic carbocycles. The summed E-state index contributed by atoms with van der Waals surface area (Å²) < 4.78 is 34.0. The second-order valence-electron chi connectivity index (χ2n) is 8.63. The van der Waals surface area contributed by atoms with Gasteiger partial charge in [0.1, 0.15) is 11.5 Å². The Morgan fingerprint density at radius 1 is 1.13 bits per heavy atom. The maximum Gasteiger partial charge on any atom is 0.252 e. The van der Waals surface area contributed by atoms with Gasteiger partial charge in [0.25, 0.3) is 5.91 Å². The Balaban J connectivity index is 1.59. The molecular weight excluding hydrogens is 553 g/mol. The molecule has 1 aliphatic rings. The van der Waals surface area contributed by atoms with Crippen molar-refractivity contribution < 1.29 is 27.5 Å². The lowest BCUT2D eigenvalue weighted by atomic mass is 9.98. The van der Waals surface area contributed by atoms with Crippen molar-refractivity contribution in [3.05, 3.63) is 87.2 Å². The summed E-state index contributed by atoms with van der Waals surface area (Å²) in [7, 11) is -3.45. The fraction of sp³-hybridized carbons (Fsp3) is 0.192. The average Bonchev–Trinajstić information content (AvgIpc) is 3.26. The quantitative estimate of drug-likeness (QED) is 0.363. The lowest BCUT2D eigenvalue weighted by Crippen LogP contribution is -2.25. The van der Waals surface area contributed by atoms with E-state index in [0.717, 1.165) is 11.8 Å². The molecule has 0 bridgehead atoms. The summed E-state index contributed by atoms with van der Waals surface area (Å²) in [6.07, 6.45) is 1.18. The molecule has 0 saturated carbocycles. The predicted molar refractivity (Wildman–Crippen MR) is 144 cm³/mol. The van der Waals surface area contributed by atoms with Gasteiger partial charge in [0.15, 0.2) is 21.5 Å². The summed E-state index contributed by atoms with van der Waals surface area (Å²) in [5.74, 6) is -1.38. The average molecular weight is 574 g/mol. The van der Waals surface area contributed by atoms with E-state index in [1.54, 1.807) is 42.5 Å². The van der Waals surface area contributed by atoms with Crippen LogP contribution in [0, 0.1) is 6.57 Å². The van der Waals surface area contributed by atoms with Gasteiger partial charge in [-0.3, -0.25) is 9.59 Å². The van der Waals surface area contributed by atoms with Gasteiger partial charge in [-0.2, -0.15) is 0 Å². The number of halogens is 2. The van der Waals surface area contributed by atoms with E-state index in [-0.39, 0.29) is 51.8 Å². The van der Waals surface area contributed by atoms with Gasteiger partial charge < -0.3 is 20.1 Å². The molecule has 0 unspecified atom stereocenters. The van der Waals surface area contributed by atoms with Crippen LogP contribution in [0.1, 0.15) is 28.3 Å². The lowest BCUT2D eigenvalue weighted by Gasteiger charge is -2.19. The van der Waals surface area contributed by atoms with Crippen LogP contribution in [0.15, 0.2) is 54.6 Å². The summed E-state index contributed by atoms with van der Waals surface area (Å²) in [4.78, 5) is 29.9. The van der Waals surface area contributed by atoms with Gasteiger partial charge in [-0.15, -0.1) is 0 Å². The molecule has 12 heteroatoms. The fourth-order valence-electron chi connectivity index (χ4n) is 4.00. The first-order chi connectivity index (χ1) is 18.0. The van der Waals surface area contributed by atoms with Crippen LogP contribution < -0.4 is 20.1 Å². The van der Waals surface area contributed by atoms with Gasteiger partial charge in [0.05, 0.1) is 22.2 Å². The number of rotatable bonds is 8. The maximum atomic E-state index is 12.9. The highest BCUT2D eigenvalue weighted by Gasteiger charge is 2.33. The number of nitrogens with two attached hydrogens (primary N) is 1. The van der Waals surface area contributed by atoms with Crippen LogP contribution in [0.4, 0.5) is 11.4 Å². The van der Waals surface area contributed by atoms with Crippen LogP contribution >= 0.6 is 23.2 Å². The van der Waals surface area contributed by atoms with Crippen molar-refractivity contribution in [3.63, 3.8) is 0 Å². The van der Waals surface area contributed by atoms with Crippen LogP contribution in [0.25, 0.3) is 4.85 Å². The van der Waals surface area contributed by atoms with Crippen LogP contribution in [0.3, 0.4) is 0 Å². The minimum Gasteiger partial charge on any atom is -0.477 e. The molecule has 0 aliphatic carbocycles. The number of hydrogen-bond acceptors (Lipinski definition) is 6. The van der Waals surface area contributed by atoms with Gasteiger partial charge in [-0.1, -0.05) is 41.4 Å². The number of carbonyl (C=O) groups excluding carboxylic acids is 2. The first kappa shape index (κ1) is 27.3. The highest BCUT2D eigenvalue weighted by molar-refractivity contribution is 7.90. The largest absolute Gasteiger partial charge is 0.477 e. The number of amides is 2. The molecule has 0 aromatic heterocycles. The van der Waals surface area contributed by atoms with Crippen LogP contribution in [-0.4, -0.2) is 39.0 Å². The van der Waals surface area contributed by atoms with Crippen LogP contribution in [-0.2, 0) is 14.6 Å². The highest BCUT2D eigenvalue weighted by Crippen LogP contribution is 2.42. The molecule has 1 aliphatic heterocycles. The van der Waals surface area contributed by atoms with Crippen LogP contribution in [0.5, 0.6) is 17.2 Å². The lowest BCUT2D eigenvalue weighted by molar-refractivity contribution is -0.117. The molecule has 2 amide bonds. The molecule has 1 saturated heterocycles. The van der Waals surface area contributed by atoms with Crippen molar-refractivity contribution in [3.8, 4) is 17.2 Å². The minimum atomic E-state index is -3.45. The molecule has 0 radical (unpaired) electrons. The van der Waals surface area contributed by atoms with Crippen molar-refractivity contribution in [2.45, 2.75) is 12.3 Å². The molecular formula is C26H21Cl2N3O6S. The maximum absolute atomic E-state index is 12.9. The molecule has 0 spiro atoms. The number of carbonyl (C=O) groups is 2. The van der Waals surface area contributed by atoms with Crippen molar-refractivity contribution in [1.29, 1.82) is 0 Å². The zero-order valence-corrected chi connectivity index (χ0v) is 22.3. The Morgan fingerprint density at radius 2 is 1.89 bits per heavy atom. The SMILES string of the molecule is [C-]#[N+]c1cccc(Cl)c1Oc1cc([C@H]2CC(=O)N(c3ccc(OCS(C)(=O)=O)c(C(N)=O)c3)C2)ccc1Cl. The molecule has 38 heavy (non-hydrogen) atoms. The summed E-state index contributed by atoms with van der Waals surface area (Å²) in [6, 6.07) is 14.3. The third-order valence-electron chi connectivity index (χ3n) is 5.80. The molecule has 196 valence electrons. The summed E-state index contributed by atoms with van der Waals surface area (Å²) in [5.41, 5.74) is 6.86. The number of nitrogens with zero attached hydrogens (tertiary/aromatic N) is 2. The van der Waals surface area contributed by atoms with Crippen molar-refractivity contribution in [2.24, 2.45) is 5.73 Å². The van der Waals surface area contributed by atoms with E-state index in [1.165, 1.54) is 17.0 Å². The summed E-state index contributed by atoms with van der Waals surface area (Å²) in [5, 5.41) is 0.568. The van der Waals surface area contributed by atoms with Gasteiger partial charge in [0, 0.05) is 30.8 Å². The van der Waals surface area contributed by atoms with Crippen molar-refractivity contribution in [1.82, 2.24) is 0 Å². The number of benzene rings is 3. The Bertz CT molecular complexity index is 1590. The van der Waals surface area contributed by atoms with E-state index >= 15 is 0 Å². The molecule has 1 atom stereocenters. The Kier molecular flexibility index (Phi) is 7.83. The van der Waals surface area contributed by atoms with E-state index in [4.69, 9.17) is 45.0 Å². The molecule has 3 aromatic rings. The van der Waals surface area contributed by atoms with E-state index in [2.05, 4.69) is 4.85 Å². The standard InChI is InChI=1S/C26H21Cl2N3O6S/c1-30-21-5-3-4-20(28)25(21)37-23-10-15(6-8-19(23)27)16-11-24(32)31(13-16)17-7-9-22(18(12-17)26(29)33)36-14-38(2,34)35/h3-10,12,16H,11,13-14H2,2H3,(H2,29,33)/t16-/m0/s1. The summed E-state index contributed by atoms with van der Waals surface area (Å²) >= 11 is 12.6. The monoisotopic (exact) mass is 573 g/mol. The topological polar surface area (TPSA) is 120 Å². The normalized spacial score (nSPS) is 15.3. The van der Waals surface area contributed by atoms with Gasteiger partial charge in [-0.25, -0.2) is 13.3 Å². The third kappa shape index (κ3) is 6.02. The zero-order chi connectivity index (χ0) is 27.6. The molecule has 4 rings (SSSR count). The first-order valence-corrected chi connectivity index (χ1v) is 14.0. The van der Waals surface area contributed by atoms with Crippen LogP contribution in [0.2, 0.25) is 10.0 Å². The van der Waals surface area contributed by atoms with Crippen molar-refractivity contribution in [2.75, 3.05) is 23.6 Å². The number of para-hydroxylation sites is 1. The van der Waals surface area contributed by atoms with Crippen molar-refractivity contribution >= 4 is 56.2 Å². The number of hydrogen-bond donors (Lipinski definition) is 1. The molecule has 2 N–H and O–H groups in total. The number of ether oxygens (including phenoxy) is 2. The smallest absolute Gasteiger partial charge is 0.252 e. The second-order valence-corrected chi connectivity index (χ2v) is 11.5. The van der Waals surface area contributed by atoms with E-state index in [9.17, 15) is 18.0 Å². The van der Waals surface area contributed by atoms with E-state index < -0.39 is 21.7 Å².